The number of hydrogen-bond acceptors (Lipinski definition) is 15. The summed E-state index contributed by atoms with van der Waals surface area (Å²) in [4.78, 5) is 37.1. The molecule has 69 heavy (non-hydrogen) atoms. The van der Waals surface area contributed by atoms with Crippen molar-refractivity contribution in [2.24, 2.45) is 0 Å². The van der Waals surface area contributed by atoms with Crippen LogP contribution in [0.4, 0.5) is 4.39 Å². The van der Waals surface area contributed by atoms with E-state index >= 15 is 0 Å². The minimum Gasteiger partial charge on any atom is -0.496 e. The summed E-state index contributed by atoms with van der Waals surface area (Å²) in [6, 6.07) is 23.8. The molecule has 15 nitrogen and oxygen atoms in total. The number of nitrogens with zero attached hydrogens (tertiary/aromatic N) is 6. The van der Waals surface area contributed by atoms with E-state index in [1.165, 1.54) is 36.1 Å². The second-order valence-electron chi connectivity index (χ2n) is 17.0. The molecule has 19 heteroatoms. The van der Waals surface area contributed by atoms with E-state index < -0.39 is 33.8 Å². The average Bonchev–Trinajstić information content (AvgIpc) is 3.72. The van der Waals surface area contributed by atoms with E-state index in [0.29, 0.717) is 114 Å². The van der Waals surface area contributed by atoms with Gasteiger partial charge in [-0.25, -0.2) is 37.5 Å². The van der Waals surface area contributed by atoms with Crippen LogP contribution in [0.2, 0.25) is 5.02 Å². The maximum atomic E-state index is 14.3. The number of thiophene rings is 1. The van der Waals surface area contributed by atoms with E-state index in [0.717, 1.165) is 0 Å². The van der Waals surface area contributed by atoms with Crippen LogP contribution in [0.3, 0.4) is 0 Å². The molecule has 4 aromatic carbocycles. The summed E-state index contributed by atoms with van der Waals surface area (Å²) >= 11 is 8.58. The summed E-state index contributed by atoms with van der Waals surface area (Å²) in [5.41, 5.74) is 4.34. The van der Waals surface area contributed by atoms with Crippen molar-refractivity contribution in [1.82, 2.24) is 29.7 Å². The number of rotatable bonds is 11. The molecule has 0 unspecified atom stereocenters. The molecule has 7 aromatic rings. The van der Waals surface area contributed by atoms with Gasteiger partial charge in [0.15, 0.2) is 5.82 Å². The number of aromatic nitrogens is 4. The van der Waals surface area contributed by atoms with E-state index in [4.69, 9.17) is 40.3 Å². The van der Waals surface area contributed by atoms with Crippen LogP contribution in [-0.4, -0.2) is 126 Å². The van der Waals surface area contributed by atoms with Gasteiger partial charge in [0.1, 0.15) is 69.1 Å². The van der Waals surface area contributed by atoms with Crippen molar-refractivity contribution in [2.75, 3.05) is 59.0 Å². The molecule has 0 radical (unpaired) electrons. The highest BCUT2D eigenvalue weighted by atomic mass is 35.5. The maximum Gasteiger partial charge on any atom is 0.345 e. The number of carboxylic acids is 1. The topological polar surface area (TPSA) is 176 Å². The zero-order valence-electron chi connectivity index (χ0n) is 38.1. The van der Waals surface area contributed by atoms with Gasteiger partial charge in [-0.3, -0.25) is 9.80 Å². The van der Waals surface area contributed by atoms with Gasteiger partial charge in [-0.1, -0.05) is 41.9 Å². The number of carboxylic acid groups (broad SMARTS) is 1. The highest BCUT2D eigenvalue weighted by Crippen LogP contribution is 2.50. The molecule has 358 valence electrons. The van der Waals surface area contributed by atoms with Gasteiger partial charge in [0.2, 0.25) is 12.0 Å². The Hall–Kier alpha value is -6.44. The van der Waals surface area contributed by atoms with E-state index in [1.54, 1.807) is 55.8 Å². The molecule has 6 heterocycles. The second-order valence-corrected chi connectivity index (χ2v) is 20.6. The predicted molar refractivity (Wildman–Crippen MR) is 261 cm³/mol. The molecule has 0 spiro atoms. The Morgan fingerprint density at radius 3 is 2.58 bits per heavy atom. The first kappa shape index (κ1) is 47.6. The molecule has 4 bridgehead atoms. The molecule has 0 amide bonds. The van der Waals surface area contributed by atoms with Crippen molar-refractivity contribution < 1.29 is 46.4 Å². The lowest BCUT2D eigenvalue weighted by Crippen LogP contribution is -2.56. The molecule has 3 aliphatic heterocycles. The number of sulfone groups is 1. The Balaban J connectivity index is 1.13. The van der Waals surface area contributed by atoms with Gasteiger partial charge in [0.05, 0.1) is 34.5 Å². The normalized spacial score (nSPS) is 17.9. The van der Waals surface area contributed by atoms with Gasteiger partial charge in [0, 0.05) is 67.1 Å². The zero-order valence-corrected chi connectivity index (χ0v) is 40.5. The summed E-state index contributed by atoms with van der Waals surface area (Å²) < 4.78 is 70.8. The number of halogens is 2. The van der Waals surface area contributed by atoms with Crippen molar-refractivity contribution in [3.8, 4) is 61.8 Å². The van der Waals surface area contributed by atoms with Crippen molar-refractivity contribution in [3.63, 3.8) is 0 Å². The number of carbonyl (C=O) groups is 1. The average molecular weight is 996 g/mol. The van der Waals surface area contributed by atoms with Gasteiger partial charge in [-0.15, -0.1) is 11.3 Å². The summed E-state index contributed by atoms with van der Waals surface area (Å²) in [7, 11) is 0.246. The van der Waals surface area contributed by atoms with Crippen LogP contribution in [0.15, 0.2) is 97.5 Å². The molecule has 10 rings (SSSR count). The van der Waals surface area contributed by atoms with Crippen LogP contribution < -0.4 is 23.7 Å². The van der Waals surface area contributed by atoms with Crippen molar-refractivity contribution in [1.29, 1.82) is 0 Å². The van der Waals surface area contributed by atoms with E-state index in [9.17, 15) is 22.7 Å². The highest BCUT2D eigenvalue weighted by Gasteiger charge is 2.32. The maximum absolute atomic E-state index is 14.3. The number of piperazine rings is 1. The Kier molecular flexibility index (Phi) is 14.0. The van der Waals surface area contributed by atoms with E-state index in [-0.39, 0.29) is 37.3 Å². The van der Waals surface area contributed by atoms with Gasteiger partial charge >= 0.3 is 5.97 Å². The fourth-order valence-corrected chi connectivity index (χ4v) is 11.0. The van der Waals surface area contributed by atoms with Gasteiger partial charge in [-0.05, 0) is 85.3 Å². The Bertz CT molecular complexity index is 3140. The number of para-hydroxylation sites is 1. The molecule has 0 saturated carbocycles. The van der Waals surface area contributed by atoms with Crippen molar-refractivity contribution in [2.45, 2.75) is 38.2 Å². The van der Waals surface area contributed by atoms with Crippen LogP contribution in [0.5, 0.6) is 28.9 Å². The molecular formula is C50H48ClFN6O9S2. The fraction of sp³-hybridized carbons (Fsp3) is 0.300. The van der Waals surface area contributed by atoms with E-state index in [2.05, 4.69) is 24.8 Å². The number of hydrogen-bond donors (Lipinski definition) is 1. The lowest BCUT2D eigenvalue weighted by Gasteiger charge is -2.40. The third-order valence-corrected chi connectivity index (χ3v) is 14.7. The van der Waals surface area contributed by atoms with Gasteiger partial charge in [-0.2, -0.15) is 0 Å². The number of methoxy groups -OCH3 is 1. The number of ether oxygens (including phenoxy) is 5. The third-order valence-electron chi connectivity index (χ3n) is 12.1. The largest absolute Gasteiger partial charge is 0.496 e. The highest BCUT2D eigenvalue weighted by molar-refractivity contribution is 7.90. The van der Waals surface area contributed by atoms with Gasteiger partial charge < -0.3 is 28.8 Å². The number of aliphatic carboxylic acids is 1. The third kappa shape index (κ3) is 10.7. The van der Waals surface area contributed by atoms with Crippen LogP contribution >= 0.6 is 22.9 Å². The SMILES string of the molecule is COc1ccccc1-c1nccc(COc2ccc3cc2C[C@H](C(=O)O)Oc2ncnc4sc(-c5ccc(F)cc5)c(c24)-c2ccc(c(Cl)c2C)O[C@H](CN2CCN(C)[C@@H](CS(C)(=O)=O)C2)CO3)n1. The van der Waals surface area contributed by atoms with Crippen LogP contribution in [0.1, 0.15) is 16.8 Å². The van der Waals surface area contributed by atoms with Crippen molar-refractivity contribution in [3.05, 3.63) is 125 Å². The minimum atomic E-state index is -3.26. The molecule has 1 N–H and O–H groups in total. The van der Waals surface area contributed by atoms with Gasteiger partial charge in [0.25, 0.3) is 0 Å². The first-order chi connectivity index (χ1) is 33.2. The van der Waals surface area contributed by atoms with Crippen LogP contribution in [0, 0.1) is 12.7 Å². The monoisotopic (exact) mass is 994 g/mol. The summed E-state index contributed by atoms with van der Waals surface area (Å²) in [5, 5.41) is 11.6. The standard InChI is InChI=1S/C50H48ClFN6O9S2/c1-29-37-14-16-41(45(29)51)66-36(24-58-20-19-57(2)34(23-58)27-69(4,61)62)26-64-35-13-15-39(65-25-33-17-18-53-47(56-33)38-7-5-6-8-40(38)63-3)31(21-35)22-42(50(59)60)67-48-44-43(37)46(68-49(44)55-28-54-48)30-9-11-32(52)12-10-30/h5-18,21,28,34,36,42H,19-20,22-27H2,1-4H3,(H,59,60)/t34-,36-,42-/m1/s1. The Labute approximate surface area is 407 Å². The summed E-state index contributed by atoms with van der Waals surface area (Å²) in [6.45, 7) is 4.05. The summed E-state index contributed by atoms with van der Waals surface area (Å²) in [6.07, 6.45) is 1.90. The Morgan fingerprint density at radius 1 is 0.986 bits per heavy atom. The Morgan fingerprint density at radius 2 is 1.80 bits per heavy atom. The van der Waals surface area contributed by atoms with Crippen molar-refractivity contribution >= 4 is 49.0 Å². The predicted octanol–water partition coefficient (Wildman–Crippen LogP) is 8.05. The zero-order chi connectivity index (χ0) is 48.4. The molecule has 1 saturated heterocycles. The molecule has 3 atom stereocenters. The van der Waals surface area contributed by atoms with Crippen LogP contribution in [-0.2, 0) is 27.7 Å². The van der Waals surface area contributed by atoms with E-state index in [1.807, 2.05) is 44.3 Å². The minimum absolute atomic E-state index is 0.00598. The quantitative estimate of drug-likeness (QED) is 0.132. The molecule has 3 aliphatic rings. The number of benzene rings is 4. The molecule has 3 aromatic heterocycles. The number of fused-ring (bicyclic) bond motifs is 7. The van der Waals surface area contributed by atoms with Crippen LogP contribution in [0.25, 0.3) is 43.2 Å². The summed E-state index contributed by atoms with van der Waals surface area (Å²) in [5.74, 6) is 0.570. The fourth-order valence-electron chi connectivity index (χ4n) is 8.61. The first-order valence-electron chi connectivity index (χ1n) is 22.0. The first-order valence-corrected chi connectivity index (χ1v) is 25.3. The lowest BCUT2D eigenvalue weighted by molar-refractivity contribution is -0.145. The molecular weight excluding hydrogens is 947 g/mol. The second kappa shape index (κ2) is 20.3. The molecule has 0 aliphatic carbocycles. The smallest absolute Gasteiger partial charge is 0.345 e. The lowest BCUT2D eigenvalue weighted by atomic mass is 9.96. The molecule has 1 fully saturated rings. The number of likely N-dealkylation sites (N-methyl/N-ethyl adjacent to an activating group) is 1.